The van der Waals surface area contributed by atoms with Crippen LogP contribution in [0, 0.1) is 5.92 Å². The third kappa shape index (κ3) is 4.37. The van der Waals surface area contributed by atoms with E-state index in [0.29, 0.717) is 0 Å². The number of hydrogen-bond acceptors (Lipinski definition) is 4. The van der Waals surface area contributed by atoms with E-state index in [1.54, 1.807) is 24.3 Å². The summed E-state index contributed by atoms with van der Waals surface area (Å²) in [5, 5.41) is 0. The van der Waals surface area contributed by atoms with Gasteiger partial charge in [0.25, 0.3) is 0 Å². The summed E-state index contributed by atoms with van der Waals surface area (Å²) in [5.74, 6) is -0.627. The Kier molecular flexibility index (Phi) is 6.77. The molecule has 0 atom stereocenters. The summed E-state index contributed by atoms with van der Waals surface area (Å²) in [6, 6.07) is 6.63. The fourth-order valence-corrected chi connectivity index (χ4v) is 2.10. The van der Waals surface area contributed by atoms with Crippen molar-refractivity contribution in [3.63, 3.8) is 0 Å². The van der Waals surface area contributed by atoms with Crippen LogP contribution in [0.15, 0.2) is 24.3 Å². The van der Waals surface area contributed by atoms with Crippen LogP contribution in [0.1, 0.15) is 49.9 Å². The molecule has 0 aliphatic carbocycles. The van der Waals surface area contributed by atoms with Gasteiger partial charge < -0.3 is 9.47 Å². The Balaban J connectivity index is 2.86. The first-order chi connectivity index (χ1) is 9.63. The van der Waals surface area contributed by atoms with Crippen molar-refractivity contribution in [2.24, 2.45) is 5.92 Å². The van der Waals surface area contributed by atoms with Crippen molar-refractivity contribution in [1.82, 2.24) is 0 Å². The van der Waals surface area contributed by atoms with Crippen molar-refractivity contribution in [2.75, 3.05) is 7.11 Å². The maximum atomic E-state index is 12.2. The molecule has 0 unspecified atom stereocenters. The number of benzene rings is 1. The van der Waals surface area contributed by atoms with Crippen LogP contribution in [0.4, 0.5) is 0 Å². The van der Waals surface area contributed by atoms with Gasteiger partial charge in [-0.15, -0.1) is 0 Å². The fraction of sp³-hybridized carbons (Fsp3) is 0.500. The second-order valence-corrected chi connectivity index (χ2v) is 4.68. The Morgan fingerprint density at radius 3 is 2.25 bits per heavy atom. The lowest BCUT2D eigenvalue weighted by atomic mass is 9.98. The Hall–Kier alpha value is -1.84. The third-order valence-electron chi connectivity index (χ3n) is 3.11. The monoisotopic (exact) mass is 278 g/mol. The van der Waals surface area contributed by atoms with E-state index < -0.39 is 5.97 Å². The lowest BCUT2D eigenvalue weighted by Gasteiger charge is -2.15. The topological polar surface area (TPSA) is 52.6 Å². The maximum absolute atomic E-state index is 12.2. The Labute approximate surface area is 120 Å². The van der Waals surface area contributed by atoms with E-state index in [2.05, 4.69) is 4.74 Å². The molecule has 0 aromatic heterocycles. The minimum atomic E-state index is -0.504. The molecule has 0 saturated carbocycles. The normalized spacial score (nSPS) is 10.4. The summed E-state index contributed by atoms with van der Waals surface area (Å²) in [6.45, 7) is 4.08. The number of rotatable bonds is 7. The number of methoxy groups -OCH3 is 1. The number of ether oxygens (including phenoxy) is 2. The van der Waals surface area contributed by atoms with Crippen LogP contribution in [0.3, 0.4) is 0 Å². The molecule has 20 heavy (non-hydrogen) atoms. The first kappa shape index (κ1) is 16.2. The maximum Gasteiger partial charge on any atom is 0.341 e. The predicted molar refractivity (Wildman–Crippen MR) is 76.7 cm³/mol. The van der Waals surface area contributed by atoms with Crippen LogP contribution in [0.25, 0.3) is 0 Å². The highest BCUT2D eigenvalue weighted by molar-refractivity contribution is 5.93. The van der Waals surface area contributed by atoms with Crippen LogP contribution in [-0.4, -0.2) is 19.0 Å². The van der Waals surface area contributed by atoms with Crippen molar-refractivity contribution < 1.29 is 19.1 Å². The largest absolute Gasteiger partial charge is 0.465 e. The lowest BCUT2D eigenvalue weighted by Crippen LogP contribution is -2.21. The average molecular weight is 278 g/mol. The minimum absolute atomic E-state index is 0.115. The van der Waals surface area contributed by atoms with Crippen molar-refractivity contribution in [3.8, 4) is 5.75 Å². The second kappa shape index (κ2) is 8.35. The lowest BCUT2D eigenvalue weighted by molar-refractivity contribution is -0.139. The molecular weight excluding hydrogens is 256 g/mol. The fourth-order valence-electron chi connectivity index (χ4n) is 2.10. The molecule has 1 rings (SSSR count). The van der Waals surface area contributed by atoms with Gasteiger partial charge in [-0.25, -0.2) is 4.79 Å². The Morgan fingerprint density at radius 1 is 1.10 bits per heavy atom. The van der Waals surface area contributed by atoms with Crippen LogP contribution < -0.4 is 4.74 Å². The van der Waals surface area contributed by atoms with Gasteiger partial charge in [0, 0.05) is 0 Å². The van der Waals surface area contributed by atoms with Crippen LogP contribution >= 0.6 is 0 Å². The van der Waals surface area contributed by atoms with E-state index in [0.717, 1.165) is 25.7 Å². The predicted octanol–water partition coefficient (Wildman–Crippen LogP) is 3.60. The van der Waals surface area contributed by atoms with Gasteiger partial charge in [-0.05, 0) is 25.0 Å². The van der Waals surface area contributed by atoms with E-state index in [9.17, 15) is 9.59 Å². The Morgan fingerprint density at radius 2 is 1.70 bits per heavy atom. The second-order valence-electron chi connectivity index (χ2n) is 4.68. The molecule has 0 heterocycles. The minimum Gasteiger partial charge on any atom is -0.465 e. The van der Waals surface area contributed by atoms with E-state index in [4.69, 9.17) is 4.74 Å². The molecule has 1 aromatic carbocycles. The molecule has 0 amide bonds. The molecule has 0 aliphatic heterocycles. The molecule has 110 valence electrons. The zero-order chi connectivity index (χ0) is 15.0. The summed E-state index contributed by atoms with van der Waals surface area (Å²) < 4.78 is 10.1. The van der Waals surface area contributed by atoms with E-state index in [-0.39, 0.29) is 23.2 Å². The molecule has 0 bridgehead atoms. The standard InChI is InChI=1S/C16H22O4/c1-4-8-12(9-5-2)15(17)20-14-11-7-6-10-13(14)16(18)19-3/h6-7,10-12H,4-5,8-9H2,1-3H3. The molecular formula is C16H22O4. The zero-order valence-corrected chi connectivity index (χ0v) is 12.3. The van der Waals surface area contributed by atoms with Gasteiger partial charge >= 0.3 is 11.9 Å². The zero-order valence-electron chi connectivity index (χ0n) is 12.3. The number of para-hydroxylation sites is 1. The van der Waals surface area contributed by atoms with E-state index >= 15 is 0 Å². The number of carbonyl (C=O) groups excluding carboxylic acids is 2. The molecule has 0 radical (unpaired) electrons. The molecule has 0 fully saturated rings. The van der Waals surface area contributed by atoms with Gasteiger partial charge in [0.1, 0.15) is 11.3 Å². The molecule has 0 saturated heterocycles. The molecule has 0 spiro atoms. The molecule has 4 nitrogen and oxygen atoms in total. The van der Waals surface area contributed by atoms with Crippen LogP contribution in [0.5, 0.6) is 5.75 Å². The van der Waals surface area contributed by atoms with Gasteiger partial charge in [0.05, 0.1) is 13.0 Å². The highest BCUT2D eigenvalue weighted by Crippen LogP contribution is 2.22. The Bertz CT molecular complexity index is 448. The number of carbonyl (C=O) groups is 2. The quantitative estimate of drug-likeness (QED) is 0.565. The van der Waals surface area contributed by atoms with Gasteiger partial charge in [-0.2, -0.15) is 0 Å². The molecule has 0 N–H and O–H groups in total. The summed E-state index contributed by atoms with van der Waals surface area (Å²) in [7, 11) is 1.30. The van der Waals surface area contributed by atoms with E-state index in [1.165, 1.54) is 7.11 Å². The SMILES string of the molecule is CCCC(CCC)C(=O)Oc1ccccc1C(=O)OC. The highest BCUT2D eigenvalue weighted by Gasteiger charge is 2.21. The smallest absolute Gasteiger partial charge is 0.341 e. The van der Waals surface area contributed by atoms with E-state index in [1.807, 2.05) is 13.8 Å². The molecule has 0 aliphatic rings. The van der Waals surface area contributed by atoms with Crippen molar-refractivity contribution in [3.05, 3.63) is 29.8 Å². The third-order valence-corrected chi connectivity index (χ3v) is 3.11. The summed E-state index contributed by atoms with van der Waals surface area (Å²) >= 11 is 0. The molecule has 1 aromatic rings. The first-order valence-corrected chi connectivity index (χ1v) is 7.03. The van der Waals surface area contributed by atoms with Crippen LogP contribution in [-0.2, 0) is 9.53 Å². The van der Waals surface area contributed by atoms with Crippen molar-refractivity contribution in [1.29, 1.82) is 0 Å². The molecule has 4 heteroatoms. The van der Waals surface area contributed by atoms with Gasteiger partial charge in [-0.1, -0.05) is 38.8 Å². The first-order valence-electron chi connectivity index (χ1n) is 7.03. The summed E-state index contributed by atoms with van der Waals surface area (Å²) in [6.07, 6.45) is 3.46. The van der Waals surface area contributed by atoms with Gasteiger partial charge in [0.15, 0.2) is 0 Å². The average Bonchev–Trinajstić information content (AvgIpc) is 2.46. The van der Waals surface area contributed by atoms with Crippen molar-refractivity contribution in [2.45, 2.75) is 39.5 Å². The number of esters is 2. The van der Waals surface area contributed by atoms with Gasteiger partial charge in [-0.3, -0.25) is 4.79 Å². The summed E-state index contributed by atoms with van der Waals surface area (Å²) in [4.78, 5) is 23.8. The number of hydrogen-bond donors (Lipinski definition) is 0. The van der Waals surface area contributed by atoms with Crippen LogP contribution in [0.2, 0.25) is 0 Å². The van der Waals surface area contributed by atoms with Crippen molar-refractivity contribution >= 4 is 11.9 Å². The van der Waals surface area contributed by atoms with Gasteiger partial charge in [0.2, 0.25) is 0 Å². The highest BCUT2D eigenvalue weighted by atomic mass is 16.5. The summed E-state index contributed by atoms with van der Waals surface area (Å²) in [5.41, 5.74) is 0.273.